The first-order chi connectivity index (χ1) is 13.6. The standard InChI is InChI=1S/C18H13N3O4S3/c1-25-18(24)15-11(4-6-27-15)20-13(22)7-21-9-19-16-14(17(21)23)10(8-28-16)12-3-2-5-26-12/h2-6,8-9H,7H2,1H3,(H,20,22). The predicted octanol–water partition coefficient (Wildman–Crippen LogP) is 3.67. The van der Waals surface area contributed by atoms with Gasteiger partial charge in [0.15, 0.2) is 0 Å². The van der Waals surface area contributed by atoms with Crippen molar-refractivity contribution < 1.29 is 14.3 Å². The van der Waals surface area contributed by atoms with Crippen molar-refractivity contribution in [2.75, 3.05) is 12.4 Å². The van der Waals surface area contributed by atoms with Gasteiger partial charge in [-0.1, -0.05) is 6.07 Å². The summed E-state index contributed by atoms with van der Waals surface area (Å²) in [5.74, 6) is -0.955. The van der Waals surface area contributed by atoms with Gasteiger partial charge < -0.3 is 10.1 Å². The van der Waals surface area contributed by atoms with E-state index in [1.54, 1.807) is 22.8 Å². The van der Waals surface area contributed by atoms with Crippen molar-refractivity contribution in [2.24, 2.45) is 0 Å². The van der Waals surface area contributed by atoms with Gasteiger partial charge in [0.25, 0.3) is 5.56 Å². The minimum atomic E-state index is -0.524. The summed E-state index contributed by atoms with van der Waals surface area (Å²) >= 11 is 4.11. The van der Waals surface area contributed by atoms with Crippen LogP contribution in [0.25, 0.3) is 20.7 Å². The zero-order valence-electron chi connectivity index (χ0n) is 14.5. The summed E-state index contributed by atoms with van der Waals surface area (Å²) in [4.78, 5) is 43.4. The number of nitrogens with zero attached hydrogens (tertiary/aromatic N) is 2. The van der Waals surface area contributed by atoms with Gasteiger partial charge in [-0.2, -0.15) is 0 Å². The summed E-state index contributed by atoms with van der Waals surface area (Å²) in [6.45, 7) is -0.210. The molecule has 1 N–H and O–H groups in total. The first kappa shape index (κ1) is 18.5. The first-order valence-electron chi connectivity index (χ1n) is 8.04. The van der Waals surface area contributed by atoms with E-state index in [9.17, 15) is 14.4 Å². The summed E-state index contributed by atoms with van der Waals surface area (Å²) in [5, 5.41) is 8.69. The van der Waals surface area contributed by atoms with Crippen LogP contribution in [-0.4, -0.2) is 28.5 Å². The normalized spacial score (nSPS) is 10.9. The average Bonchev–Trinajstić information content (AvgIpc) is 3.43. The zero-order valence-corrected chi connectivity index (χ0v) is 17.0. The SMILES string of the molecule is COC(=O)c1sccc1NC(=O)Cn1cnc2scc(-c3cccs3)c2c1=O. The van der Waals surface area contributed by atoms with Gasteiger partial charge in [-0.15, -0.1) is 34.0 Å². The number of anilines is 1. The van der Waals surface area contributed by atoms with E-state index in [-0.39, 0.29) is 12.1 Å². The Kier molecular flexibility index (Phi) is 5.07. The molecule has 1 amide bonds. The van der Waals surface area contributed by atoms with E-state index in [0.29, 0.717) is 20.8 Å². The van der Waals surface area contributed by atoms with Crippen molar-refractivity contribution in [1.82, 2.24) is 9.55 Å². The third-order valence-electron chi connectivity index (χ3n) is 3.97. The Balaban J connectivity index is 1.62. The third kappa shape index (κ3) is 3.37. The van der Waals surface area contributed by atoms with E-state index in [2.05, 4.69) is 10.3 Å². The van der Waals surface area contributed by atoms with Gasteiger partial charge >= 0.3 is 5.97 Å². The van der Waals surface area contributed by atoms with E-state index in [1.807, 2.05) is 22.9 Å². The van der Waals surface area contributed by atoms with Gasteiger partial charge in [-0.25, -0.2) is 9.78 Å². The minimum absolute atomic E-state index is 0.210. The fourth-order valence-electron chi connectivity index (χ4n) is 2.70. The van der Waals surface area contributed by atoms with Crippen molar-refractivity contribution in [2.45, 2.75) is 6.54 Å². The second-order valence-electron chi connectivity index (χ2n) is 5.69. The first-order valence-corrected chi connectivity index (χ1v) is 10.7. The number of fused-ring (bicyclic) bond motifs is 1. The second kappa shape index (κ2) is 7.66. The van der Waals surface area contributed by atoms with Crippen LogP contribution >= 0.6 is 34.0 Å². The van der Waals surface area contributed by atoms with Crippen LogP contribution in [0.1, 0.15) is 9.67 Å². The van der Waals surface area contributed by atoms with Crippen LogP contribution < -0.4 is 10.9 Å². The molecule has 0 atom stereocenters. The largest absolute Gasteiger partial charge is 0.465 e. The lowest BCUT2D eigenvalue weighted by atomic mass is 10.2. The highest BCUT2D eigenvalue weighted by Crippen LogP contribution is 2.33. The van der Waals surface area contributed by atoms with Crippen molar-refractivity contribution in [1.29, 1.82) is 0 Å². The number of aromatic nitrogens is 2. The van der Waals surface area contributed by atoms with E-state index < -0.39 is 11.9 Å². The molecule has 0 bridgehead atoms. The molecule has 0 saturated carbocycles. The maximum absolute atomic E-state index is 12.9. The number of esters is 1. The molecule has 10 heteroatoms. The number of ether oxygens (including phenoxy) is 1. The monoisotopic (exact) mass is 431 g/mol. The number of carbonyl (C=O) groups excluding carboxylic acids is 2. The second-order valence-corrected chi connectivity index (χ2v) is 8.41. The minimum Gasteiger partial charge on any atom is -0.465 e. The molecular formula is C18H13N3O4S3. The molecule has 4 rings (SSSR count). The molecule has 0 unspecified atom stereocenters. The number of amides is 1. The fraction of sp³-hybridized carbons (Fsp3) is 0.111. The zero-order chi connectivity index (χ0) is 19.7. The fourth-order valence-corrected chi connectivity index (χ4v) is 5.18. The molecule has 0 radical (unpaired) electrons. The van der Waals surface area contributed by atoms with E-state index in [0.717, 1.165) is 10.4 Å². The quantitative estimate of drug-likeness (QED) is 0.487. The molecule has 4 aromatic rings. The van der Waals surface area contributed by atoms with E-state index in [1.165, 1.54) is 40.7 Å². The number of thiophene rings is 3. The van der Waals surface area contributed by atoms with Crippen LogP contribution in [0.4, 0.5) is 5.69 Å². The Morgan fingerprint density at radius 3 is 2.82 bits per heavy atom. The maximum Gasteiger partial charge on any atom is 0.350 e. The van der Waals surface area contributed by atoms with Crippen molar-refractivity contribution in [3.05, 3.63) is 55.9 Å². The van der Waals surface area contributed by atoms with E-state index >= 15 is 0 Å². The topological polar surface area (TPSA) is 90.3 Å². The molecule has 0 aliphatic carbocycles. The van der Waals surface area contributed by atoms with Crippen LogP contribution in [0, 0.1) is 0 Å². The highest BCUT2D eigenvalue weighted by Gasteiger charge is 2.18. The van der Waals surface area contributed by atoms with E-state index in [4.69, 9.17) is 4.74 Å². The van der Waals surface area contributed by atoms with Crippen LogP contribution in [0.5, 0.6) is 0 Å². The van der Waals surface area contributed by atoms with Crippen LogP contribution in [-0.2, 0) is 16.1 Å². The number of carbonyl (C=O) groups is 2. The summed E-state index contributed by atoms with van der Waals surface area (Å²) < 4.78 is 5.97. The summed E-state index contributed by atoms with van der Waals surface area (Å²) in [6, 6.07) is 5.49. The summed E-state index contributed by atoms with van der Waals surface area (Å²) in [7, 11) is 1.28. The number of methoxy groups -OCH3 is 1. The van der Waals surface area contributed by atoms with Crippen molar-refractivity contribution in [3.8, 4) is 10.4 Å². The van der Waals surface area contributed by atoms with Crippen LogP contribution in [0.3, 0.4) is 0 Å². The van der Waals surface area contributed by atoms with Crippen molar-refractivity contribution >= 4 is 61.8 Å². The smallest absolute Gasteiger partial charge is 0.350 e. The number of rotatable bonds is 5. The summed E-state index contributed by atoms with van der Waals surface area (Å²) in [5.41, 5.74) is 0.912. The summed E-state index contributed by atoms with van der Waals surface area (Å²) in [6.07, 6.45) is 1.37. The maximum atomic E-state index is 12.9. The molecule has 142 valence electrons. The average molecular weight is 432 g/mol. The van der Waals surface area contributed by atoms with Gasteiger partial charge in [0, 0.05) is 15.8 Å². The lowest BCUT2D eigenvalue weighted by Crippen LogP contribution is -2.28. The number of nitrogens with one attached hydrogen (secondary N) is 1. The molecule has 0 saturated heterocycles. The molecule has 0 fully saturated rings. The number of hydrogen-bond donors (Lipinski definition) is 1. The highest BCUT2D eigenvalue weighted by atomic mass is 32.1. The van der Waals surface area contributed by atoms with Gasteiger partial charge in [0.05, 0.1) is 24.5 Å². The van der Waals surface area contributed by atoms with Gasteiger partial charge in [0.2, 0.25) is 5.91 Å². The Morgan fingerprint density at radius 2 is 2.07 bits per heavy atom. The Bertz CT molecular complexity index is 1220. The Labute approximate surface area is 170 Å². The molecule has 7 nitrogen and oxygen atoms in total. The van der Waals surface area contributed by atoms with Crippen LogP contribution in [0.2, 0.25) is 0 Å². The number of hydrogen-bond acceptors (Lipinski definition) is 8. The van der Waals surface area contributed by atoms with Crippen molar-refractivity contribution in [3.63, 3.8) is 0 Å². The molecule has 0 aliphatic rings. The third-order valence-corrected chi connectivity index (χ3v) is 6.66. The Hall–Kier alpha value is -2.82. The Morgan fingerprint density at radius 1 is 1.21 bits per heavy atom. The van der Waals surface area contributed by atoms with Gasteiger partial charge in [-0.05, 0) is 22.9 Å². The predicted molar refractivity (Wildman–Crippen MR) is 111 cm³/mol. The molecule has 0 aliphatic heterocycles. The van der Waals surface area contributed by atoms with Gasteiger partial charge in [0.1, 0.15) is 16.3 Å². The lowest BCUT2D eigenvalue weighted by Gasteiger charge is -2.08. The molecule has 4 aromatic heterocycles. The molecule has 0 spiro atoms. The molecule has 4 heterocycles. The molecular weight excluding hydrogens is 418 g/mol. The molecule has 28 heavy (non-hydrogen) atoms. The molecule has 0 aromatic carbocycles. The highest BCUT2D eigenvalue weighted by molar-refractivity contribution is 7.18. The lowest BCUT2D eigenvalue weighted by molar-refractivity contribution is -0.116. The van der Waals surface area contributed by atoms with Crippen LogP contribution in [0.15, 0.2) is 45.5 Å². The van der Waals surface area contributed by atoms with Gasteiger partial charge in [-0.3, -0.25) is 14.2 Å².